The van der Waals surface area contributed by atoms with Crippen molar-refractivity contribution in [3.05, 3.63) is 47.2 Å². The van der Waals surface area contributed by atoms with Crippen LogP contribution in [0.1, 0.15) is 28.7 Å². The number of aryl methyl sites for hydroxylation is 1. The minimum absolute atomic E-state index is 0.248. The van der Waals surface area contributed by atoms with Gasteiger partial charge in [-0.1, -0.05) is 6.07 Å². The van der Waals surface area contributed by atoms with Crippen molar-refractivity contribution in [3.8, 4) is 0 Å². The predicted molar refractivity (Wildman–Crippen MR) is 105 cm³/mol. The molecule has 0 saturated carbocycles. The fourth-order valence-corrected chi connectivity index (χ4v) is 3.93. The Labute approximate surface area is 160 Å². The number of ether oxygens (including phenoxy) is 1. The van der Waals surface area contributed by atoms with Crippen molar-refractivity contribution in [2.45, 2.75) is 25.8 Å². The Balaban J connectivity index is 1.56. The van der Waals surface area contributed by atoms with Crippen LogP contribution in [0.3, 0.4) is 0 Å². The summed E-state index contributed by atoms with van der Waals surface area (Å²) in [6, 6.07) is 4.41. The Morgan fingerprint density at radius 1 is 1.22 bits per heavy atom. The highest BCUT2D eigenvalue weighted by Gasteiger charge is 2.24. The quantitative estimate of drug-likeness (QED) is 0.825. The molecule has 27 heavy (non-hydrogen) atoms. The number of pyridine rings is 1. The second-order valence-corrected chi connectivity index (χ2v) is 7.13. The van der Waals surface area contributed by atoms with Gasteiger partial charge in [-0.25, -0.2) is 9.97 Å². The largest absolute Gasteiger partial charge is 0.379 e. The molecule has 1 saturated heterocycles. The zero-order valence-corrected chi connectivity index (χ0v) is 15.9. The van der Waals surface area contributed by atoms with Crippen molar-refractivity contribution in [2.24, 2.45) is 0 Å². The lowest BCUT2D eigenvalue weighted by Gasteiger charge is -2.35. The molecule has 2 aromatic rings. The third kappa shape index (κ3) is 4.43. The number of nitrogens with one attached hydrogen (secondary N) is 2. The number of nitrogens with zero attached hydrogens (tertiary/aromatic N) is 4. The molecular formula is C20H28N6O. The predicted octanol–water partition coefficient (Wildman–Crippen LogP) is 1.35. The first-order chi connectivity index (χ1) is 13.3. The lowest BCUT2D eigenvalue weighted by atomic mass is 10.1. The number of hydrogen-bond acceptors (Lipinski definition) is 7. The van der Waals surface area contributed by atoms with Crippen LogP contribution in [0.25, 0.3) is 0 Å². The number of morpholine rings is 1. The van der Waals surface area contributed by atoms with Gasteiger partial charge in [-0.15, -0.1) is 0 Å². The van der Waals surface area contributed by atoms with E-state index in [1.54, 1.807) is 0 Å². The van der Waals surface area contributed by atoms with Gasteiger partial charge in [0.15, 0.2) is 0 Å². The average molecular weight is 368 g/mol. The molecule has 2 N–H and O–H groups in total. The molecule has 1 atom stereocenters. The maximum absolute atomic E-state index is 5.55. The molecule has 1 fully saturated rings. The molecule has 2 aliphatic heterocycles. The first-order valence-electron chi connectivity index (χ1n) is 9.84. The minimum atomic E-state index is 0.248. The summed E-state index contributed by atoms with van der Waals surface area (Å²) in [7, 11) is 0. The van der Waals surface area contributed by atoms with Crippen molar-refractivity contribution in [1.82, 2.24) is 25.2 Å². The zero-order chi connectivity index (χ0) is 18.5. The molecule has 0 amide bonds. The second kappa shape index (κ2) is 8.73. The molecule has 1 unspecified atom stereocenters. The standard InChI is InChI=1S/C20H28N6O/c1-15-24-18-5-8-21-7-4-17(18)20(25-15)23-14-19(16-3-2-6-22-13-16)26-9-11-27-12-10-26/h2-3,6,13,19,21H,4-5,7-12,14H2,1H3,(H,23,24,25). The van der Waals surface area contributed by atoms with Gasteiger partial charge < -0.3 is 15.4 Å². The monoisotopic (exact) mass is 368 g/mol. The van der Waals surface area contributed by atoms with Gasteiger partial charge in [0.25, 0.3) is 0 Å². The topological polar surface area (TPSA) is 75.2 Å². The van der Waals surface area contributed by atoms with Crippen LogP contribution in [0.15, 0.2) is 24.5 Å². The van der Waals surface area contributed by atoms with E-state index in [4.69, 9.17) is 9.72 Å². The summed E-state index contributed by atoms with van der Waals surface area (Å²) in [6.45, 7) is 8.16. The van der Waals surface area contributed by atoms with Crippen molar-refractivity contribution < 1.29 is 4.74 Å². The van der Waals surface area contributed by atoms with E-state index in [1.165, 1.54) is 16.8 Å². The smallest absolute Gasteiger partial charge is 0.133 e. The molecule has 7 nitrogen and oxygen atoms in total. The molecule has 0 aliphatic carbocycles. The fourth-order valence-electron chi connectivity index (χ4n) is 3.93. The Morgan fingerprint density at radius 2 is 2.07 bits per heavy atom. The Kier molecular flexibility index (Phi) is 5.91. The summed E-state index contributed by atoms with van der Waals surface area (Å²) in [5.74, 6) is 1.82. The average Bonchev–Trinajstić information content (AvgIpc) is 2.95. The van der Waals surface area contributed by atoms with E-state index >= 15 is 0 Å². The van der Waals surface area contributed by atoms with Crippen LogP contribution in [-0.4, -0.2) is 65.8 Å². The van der Waals surface area contributed by atoms with Crippen LogP contribution in [0.5, 0.6) is 0 Å². The SMILES string of the molecule is Cc1nc2c(c(NCC(c3cccnc3)N3CCOCC3)n1)CCNCC2. The Bertz CT molecular complexity index is 748. The summed E-state index contributed by atoms with van der Waals surface area (Å²) < 4.78 is 5.55. The first kappa shape index (κ1) is 18.3. The molecule has 2 aromatic heterocycles. The van der Waals surface area contributed by atoms with Crippen LogP contribution >= 0.6 is 0 Å². The zero-order valence-electron chi connectivity index (χ0n) is 15.9. The van der Waals surface area contributed by atoms with Crippen LogP contribution in [0, 0.1) is 6.92 Å². The van der Waals surface area contributed by atoms with Crippen LogP contribution in [-0.2, 0) is 17.6 Å². The molecule has 0 radical (unpaired) electrons. The summed E-state index contributed by atoms with van der Waals surface area (Å²) in [5, 5.41) is 7.11. The fraction of sp³-hybridized carbons (Fsp3) is 0.550. The van der Waals surface area contributed by atoms with Crippen molar-refractivity contribution in [1.29, 1.82) is 0 Å². The van der Waals surface area contributed by atoms with Gasteiger partial charge in [-0.3, -0.25) is 9.88 Å². The highest BCUT2D eigenvalue weighted by molar-refractivity contribution is 5.48. The Hall–Kier alpha value is -2.09. The second-order valence-electron chi connectivity index (χ2n) is 7.13. The highest BCUT2D eigenvalue weighted by Crippen LogP contribution is 2.24. The van der Waals surface area contributed by atoms with E-state index in [1.807, 2.05) is 25.4 Å². The van der Waals surface area contributed by atoms with Gasteiger partial charge in [0.2, 0.25) is 0 Å². The molecular weight excluding hydrogens is 340 g/mol. The van der Waals surface area contributed by atoms with E-state index in [0.29, 0.717) is 0 Å². The third-order valence-electron chi connectivity index (χ3n) is 5.31. The van der Waals surface area contributed by atoms with Gasteiger partial charge in [0, 0.05) is 50.6 Å². The lowest BCUT2D eigenvalue weighted by molar-refractivity contribution is 0.0186. The molecule has 144 valence electrons. The highest BCUT2D eigenvalue weighted by atomic mass is 16.5. The first-order valence-corrected chi connectivity index (χ1v) is 9.84. The molecule has 0 bridgehead atoms. The summed E-state index contributed by atoms with van der Waals surface area (Å²) >= 11 is 0. The van der Waals surface area contributed by atoms with Gasteiger partial charge in [-0.2, -0.15) is 0 Å². The summed E-state index contributed by atoms with van der Waals surface area (Å²) in [6.07, 6.45) is 5.72. The number of aromatic nitrogens is 3. The number of anilines is 1. The van der Waals surface area contributed by atoms with Gasteiger partial charge >= 0.3 is 0 Å². The van der Waals surface area contributed by atoms with Crippen LogP contribution in [0.4, 0.5) is 5.82 Å². The van der Waals surface area contributed by atoms with E-state index in [2.05, 4.69) is 31.6 Å². The minimum Gasteiger partial charge on any atom is -0.379 e. The van der Waals surface area contributed by atoms with Gasteiger partial charge in [0.1, 0.15) is 11.6 Å². The Morgan fingerprint density at radius 3 is 2.89 bits per heavy atom. The summed E-state index contributed by atoms with van der Waals surface area (Å²) in [5.41, 5.74) is 3.67. The maximum atomic E-state index is 5.55. The normalized spacial score (nSPS) is 19.1. The van der Waals surface area contributed by atoms with E-state index < -0.39 is 0 Å². The lowest BCUT2D eigenvalue weighted by Crippen LogP contribution is -2.41. The molecule has 0 spiro atoms. The maximum Gasteiger partial charge on any atom is 0.133 e. The van der Waals surface area contributed by atoms with E-state index in [0.717, 1.165) is 70.4 Å². The molecule has 7 heteroatoms. The molecule has 0 aromatic carbocycles. The van der Waals surface area contributed by atoms with E-state index in [-0.39, 0.29) is 6.04 Å². The summed E-state index contributed by atoms with van der Waals surface area (Å²) in [4.78, 5) is 16.2. The van der Waals surface area contributed by atoms with Gasteiger partial charge in [0.05, 0.1) is 24.9 Å². The number of fused-ring (bicyclic) bond motifs is 1. The van der Waals surface area contributed by atoms with Crippen LogP contribution in [0.2, 0.25) is 0 Å². The number of rotatable bonds is 5. The molecule has 2 aliphatic rings. The molecule has 4 rings (SSSR count). The van der Waals surface area contributed by atoms with Gasteiger partial charge in [-0.05, 0) is 31.5 Å². The number of hydrogen-bond donors (Lipinski definition) is 2. The van der Waals surface area contributed by atoms with Crippen molar-refractivity contribution in [2.75, 3.05) is 51.3 Å². The third-order valence-corrected chi connectivity index (χ3v) is 5.31. The van der Waals surface area contributed by atoms with Crippen LogP contribution < -0.4 is 10.6 Å². The van der Waals surface area contributed by atoms with E-state index in [9.17, 15) is 0 Å². The molecule has 4 heterocycles. The van der Waals surface area contributed by atoms with Crippen molar-refractivity contribution in [3.63, 3.8) is 0 Å². The van der Waals surface area contributed by atoms with Crippen molar-refractivity contribution >= 4 is 5.82 Å².